The summed E-state index contributed by atoms with van der Waals surface area (Å²) in [6.45, 7) is 2.93. The van der Waals surface area contributed by atoms with E-state index in [2.05, 4.69) is 27.9 Å². The number of piperidine rings is 1. The fourth-order valence-corrected chi connectivity index (χ4v) is 2.56. The van der Waals surface area contributed by atoms with Crippen LogP contribution in [-0.4, -0.2) is 35.3 Å². The van der Waals surface area contributed by atoms with Crippen molar-refractivity contribution in [3.63, 3.8) is 0 Å². The summed E-state index contributed by atoms with van der Waals surface area (Å²) in [5, 5.41) is 8.11. The Kier molecular flexibility index (Phi) is 6.72. The summed E-state index contributed by atoms with van der Waals surface area (Å²) in [7, 11) is 0. The Bertz CT molecular complexity index is 603. The maximum atomic E-state index is 12.4. The zero-order valence-electron chi connectivity index (χ0n) is 13.9. The molecule has 2 rings (SSSR count). The van der Waals surface area contributed by atoms with Gasteiger partial charge in [0.25, 0.3) is 5.91 Å². The average Bonchev–Trinajstić information content (AvgIpc) is 2.57. The number of aromatic nitrogens is 1. The van der Waals surface area contributed by atoms with E-state index in [1.54, 1.807) is 18.3 Å². The second kappa shape index (κ2) is 9.00. The van der Waals surface area contributed by atoms with Crippen LogP contribution in [0.15, 0.2) is 18.3 Å². The van der Waals surface area contributed by atoms with Crippen molar-refractivity contribution in [2.45, 2.75) is 51.5 Å². The second-order valence-electron chi connectivity index (χ2n) is 5.86. The number of carbonyl (C=O) groups excluding carboxylic acids is 3. The summed E-state index contributed by atoms with van der Waals surface area (Å²) in [6.07, 6.45) is 6.61. The first kappa shape index (κ1) is 17.9. The number of anilines is 1. The molecular weight excluding hydrogens is 308 g/mol. The van der Waals surface area contributed by atoms with Crippen molar-refractivity contribution in [1.82, 2.24) is 15.6 Å². The van der Waals surface area contributed by atoms with Gasteiger partial charge in [0.05, 0.1) is 5.69 Å². The Labute approximate surface area is 141 Å². The van der Waals surface area contributed by atoms with E-state index in [1.165, 1.54) is 12.8 Å². The average molecular weight is 332 g/mol. The van der Waals surface area contributed by atoms with E-state index in [9.17, 15) is 14.4 Å². The van der Waals surface area contributed by atoms with Crippen molar-refractivity contribution in [2.24, 2.45) is 0 Å². The van der Waals surface area contributed by atoms with Crippen LogP contribution in [0.2, 0.25) is 0 Å². The Balaban J connectivity index is 1.94. The van der Waals surface area contributed by atoms with Crippen LogP contribution in [0.25, 0.3) is 0 Å². The third-order valence-corrected chi connectivity index (χ3v) is 3.91. The lowest BCUT2D eigenvalue weighted by atomic mass is 10.1. The molecule has 130 valence electrons. The SMILES string of the molecule is CCCCCCNc1cccnc1C(=O)NC1CCC(=O)NC1=O. The minimum Gasteiger partial charge on any atom is -0.383 e. The highest BCUT2D eigenvalue weighted by molar-refractivity contribution is 6.04. The third kappa shape index (κ3) is 5.04. The van der Waals surface area contributed by atoms with Gasteiger partial charge in [-0.05, 0) is 25.0 Å². The number of hydrogen-bond acceptors (Lipinski definition) is 5. The summed E-state index contributed by atoms with van der Waals surface area (Å²) in [5.41, 5.74) is 0.913. The highest BCUT2D eigenvalue weighted by atomic mass is 16.2. The minimum atomic E-state index is -0.699. The maximum absolute atomic E-state index is 12.4. The van der Waals surface area contributed by atoms with Gasteiger partial charge in [-0.25, -0.2) is 4.98 Å². The minimum absolute atomic E-state index is 0.224. The molecule has 1 aromatic rings. The number of hydrogen-bond donors (Lipinski definition) is 3. The molecule has 1 saturated heterocycles. The molecule has 1 atom stereocenters. The van der Waals surface area contributed by atoms with Crippen LogP contribution in [0.3, 0.4) is 0 Å². The van der Waals surface area contributed by atoms with Gasteiger partial charge in [0.1, 0.15) is 6.04 Å². The van der Waals surface area contributed by atoms with Gasteiger partial charge in [0, 0.05) is 19.2 Å². The predicted octanol–water partition coefficient (Wildman–Crippen LogP) is 1.61. The van der Waals surface area contributed by atoms with E-state index in [0.717, 1.165) is 19.4 Å². The molecule has 1 aliphatic heterocycles. The van der Waals surface area contributed by atoms with Crippen molar-refractivity contribution in [3.8, 4) is 0 Å². The number of carbonyl (C=O) groups is 3. The van der Waals surface area contributed by atoms with E-state index in [0.29, 0.717) is 12.1 Å². The molecule has 7 heteroatoms. The van der Waals surface area contributed by atoms with E-state index < -0.39 is 17.9 Å². The molecule has 24 heavy (non-hydrogen) atoms. The summed E-state index contributed by atoms with van der Waals surface area (Å²) < 4.78 is 0. The highest BCUT2D eigenvalue weighted by Gasteiger charge is 2.28. The number of nitrogens with zero attached hydrogens (tertiary/aromatic N) is 1. The predicted molar refractivity (Wildman–Crippen MR) is 90.5 cm³/mol. The lowest BCUT2D eigenvalue weighted by molar-refractivity contribution is -0.134. The van der Waals surface area contributed by atoms with Crippen LogP contribution in [-0.2, 0) is 9.59 Å². The van der Waals surface area contributed by atoms with Crippen molar-refractivity contribution in [2.75, 3.05) is 11.9 Å². The van der Waals surface area contributed by atoms with Gasteiger partial charge in [-0.15, -0.1) is 0 Å². The van der Waals surface area contributed by atoms with Crippen LogP contribution in [0.4, 0.5) is 5.69 Å². The van der Waals surface area contributed by atoms with Crippen molar-refractivity contribution in [3.05, 3.63) is 24.0 Å². The van der Waals surface area contributed by atoms with Crippen LogP contribution in [0.1, 0.15) is 55.9 Å². The van der Waals surface area contributed by atoms with Crippen LogP contribution < -0.4 is 16.0 Å². The van der Waals surface area contributed by atoms with Gasteiger partial charge in [-0.3, -0.25) is 19.7 Å². The van der Waals surface area contributed by atoms with Gasteiger partial charge in [-0.2, -0.15) is 0 Å². The molecule has 2 heterocycles. The number of imide groups is 1. The lowest BCUT2D eigenvalue weighted by Crippen LogP contribution is -2.52. The number of pyridine rings is 1. The Hall–Kier alpha value is -2.44. The standard InChI is InChI=1S/C17H24N4O3/c1-2-3-4-5-10-18-12-7-6-11-19-15(12)17(24)20-13-8-9-14(22)21-16(13)23/h6-7,11,13,18H,2-5,8-10H2,1H3,(H,20,24)(H,21,22,23). The molecule has 0 bridgehead atoms. The molecule has 1 aliphatic rings. The van der Waals surface area contributed by atoms with Crippen molar-refractivity contribution < 1.29 is 14.4 Å². The fraction of sp³-hybridized carbons (Fsp3) is 0.529. The molecule has 1 fully saturated rings. The Morgan fingerprint density at radius 3 is 2.92 bits per heavy atom. The summed E-state index contributed by atoms with van der Waals surface area (Å²) in [6, 6.07) is 2.86. The molecular formula is C17H24N4O3. The molecule has 3 amide bonds. The van der Waals surface area contributed by atoms with E-state index in [1.807, 2.05) is 0 Å². The first-order valence-corrected chi connectivity index (χ1v) is 8.45. The normalized spacial score (nSPS) is 17.3. The van der Waals surface area contributed by atoms with Gasteiger partial charge in [0.2, 0.25) is 11.8 Å². The fourth-order valence-electron chi connectivity index (χ4n) is 2.56. The maximum Gasteiger partial charge on any atom is 0.272 e. The summed E-state index contributed by atoms with van der Waals surface area (Å²) >= 11 is 0. The lowest BCUT2D eigenvalue weighted by Gasteiger charge is -2.22. The number of rotatable bonds is 8. The summed E-state index contributed by atoms with van der Waals surface area (Å²) in [4.78, 5) is 39.4. The van der Waals surface area contributed by atoms with Crippen molar-refractivity contribution in [1.29, 1.82) is 0 Å². The zero-order chi connectivity index (χ0) is 17.4. The molecule has 0 radical (unpaired) electrons. The monoisotopic (exact) mass is 332 g/mol. The van der Waals surface area contributed by atoms with Crippen molar-refractivity contribution >= 4 is 23.4 Å². The number of amides is 3. The Morgan fingerprint density at radius 2 is 2.17 bits per heavy atom. The molecule has 0 spiro atoms. The second-order valence-corrected chi connectivity index (χ2v) is 5.86. The number of unbranched alkanes of at least 4 members (excludes halogenated alkanes) is 3. The molecule has 0 aliphatic carbocycles. The first-order valence-electron chi connectivity index (χ1n) is 8.45. The quantitative estimate of drug-likeness (QED) is 0.496. The molecule has 7 nitrogen and oxygen atoms in total. The largest absolute Gasteiger partial charge is 0.383 e. The first-order chi connectivity index (χ1) is 11.6. The van der Waals surface area contributed by atoms with Gasteiger partial charge in [-0.1, -0.05) is 26.2 Å². The third-order valence-electron chi connectivity index (χ3n) is 3.91. The van der Waals surface area contributed by atoms with E-state index in [-0.39, 0.29) is 18.0 Å². The molecule has 1 aromatic heterocycles. The zero-order valence-corrected chi connectivity index (χ0v) is 13.9. The Morgan fingerprint density at radius 1 is 1.33 bits per heavy atom. The topological polar surface area (TPSA) is 100 Å². The van der Waals surface area contributed by atoms with E-state index in [4.69, 9.17) is 0 Å². The molecule has 3 N–H and O–H groups in total. The highest BCUT2D eigenvalue weighted by Crippen LogP contribution is 2.14. The van der Waals surface area contributed by atoms with Gasteiger partial charge < -0.3 is 10.6 Å². The smallest absolute Gasteiger partial charge is 0.272 e. The van der Waals surface area contributed by atoms with Crippen LogP contribution in [0.5, 0.6) is 0 Å². The van der Waals surface area contributed by atoms with Gasteiger partial charge >= 0.3 is 0 Å². The van der Waals surface area contributed by atoms with Crippen LogP contribution >= 0.6 is 0 Å². The molecule has 0 aromatic carbocycles. The molecule has 1 unspecified atom stereocenters. The summed E-state index contributed by atoms with van der Waals surface area (Å²) in [5.74, 6) is -1.19. The van der Waals surface area contributed by atoms with E-state index >= 15 is 0 Å². The van der Waals surface area contributed by atoms with Crippen LogP contribution in [0, 0.1) is 0 Å². The number of nitrogens with one attached hydrogen (secondary N) is 3. The molecule has 0 saturated carbocycles. The van der Waals surface area contributed by atoms with Gasteiger partial charge in [0.15, 0.2) is 5.69 Å².